The molecule has 0 bridgehead atoms. The molecule has 3 heterocycles. The summed E-state index contributed by atoms with van der Waals surface area (Å²) in [6.07, 6.45) is 3.96. The quantitative estimate of drug-likeness (QED) is 0.313. The first-order chi connectivity index (χ1) is 20.5. The SMILES string of the molecule is COc1ccc(C(=O)[C@@H]2[C@H](C(=O)c3cccc(OC)c3)N3c4ccccc4C=C[C@H]3[C@]23C(=O)Nc2ccccc23)cc1. The maximum Gasteiger partial charge on any atom is 0.238 e. The summed E-state index contributed by atoms with van der Waals surface area (Å²) in [6.45, 7) is 0. The zero-order valence-electron chi connectivity index (χ0n) is 23.1. The van der Waals surface area contributed by atoms with Gasteiger partial charge in [0.05, 0.1) is 26.2 Å². The summed E-state index contributed by atoms with van der Waals surface area (Å²) < 4.78 is 10.8. The van der Waals surface area contributed by atoms with E-state index in [-0.39, 0.29) is 17.5 Å². The van der Waals surface area contributed by atoms with Crippen LogP contribution in [0.2, 0.25) is 0 Å². The van der Waals surface area contributed by atoms with Crippen LogP contribution in [-0.4, -0.2) is 43.8 Å². The van der Waals surface area contributed by atoms with Crippen LogP contribution in [0.3, 0.4) is 0 Å². The minimum absolute atomic E-state index is 0.259. The number of carbonyl (C=O) groups is 3. The molecule has 4 aromatic rings. The average molecular weight is 557 g/mol. The first-order valence-corrected chi connectivity index (χ1v) is 13.8. The highest BCUT2D eigenvalue weighted by atomic mass is 16.5. The van der Waals surface area contributed by atoms with Crippen LogP contribution in [0.1, 0.15) is 31.8 Å². The Morgan fingerprint density at radius 3 is 2.31 bits per heavy atom. The molecule has 1 fully saturated rings. The fourth-order valence-electron chi connectivity index (χ4n) is 7.00. The molecule has 0 radical (unpaired) electrons. The van der Waals surface area contributed by atoms with E-state index >= 15 is 0 Å². The second-order valence-corrected chi connectivity index (χ2v) is 10.8. The number of nitrogens with one attached hydrogen (secondary N) is 1. The summed E-state index contributed by atoms with van der Waals surface area (Å²) in [5.74, 6) is -0.749. The molecule has 3 aliphatic heterocycles. The molecule has 0 aliphatic carbocycles. The average Bonchev–Trinajstić information content (AvgIpc) is 3.52. The molecule has 1 N–H and O–H groups in total. The van der Waals surface area contributed by atoms with Gasteiger partial charge in [-0.2, -0.15) is 0 Å². The maximum atomic E-state index is 14.8. The van der Waals surface area contributed by atoms with Crippen LogP contribution in [0.15, 0.2) is 103 Å². The first kappa shape index (κ1) is 25.8. The van der Waals surface area contributed by atoms with Crippen molar-refractivity contribution in [1.82, 2.24) is 0 Å². The van der Waals surface area contributed by atoms with Crippen LogP contribution in [0.4, 0.5) is 11.4 Å². The maximum absolute atomic E-state index is 14.8. The third kappa shape index (κ3) is 3.56. The Morgan fingerprint density at radius 2 is 1.52 bits per heavy atom. The van der Waals surface area contributed by atoms with E-state index in [4.69, 9.17) is 9.47 Å². The minimum atomic E-state index is -1.36. The van der Waals surface area contributed by atoms with Crippen LogP contribution in [0.5, 0.6) is 11.5 Å². The van der Waals surface area contributed by atoms with Gasteiger partial charge in [-0.05, 0) is 59.7 Å². The molecule has 0 saturated carbocycles. The summed E-state index contributed by atoms with van der Waals surface area (Å²) in [6, 6.07) is 27.4. The van der Waals surface area contributed by atoms with Gasteiger partial charge in [0.15, 0.2) is 11.6 Å². The Labute approximate surface area is 243 Å². The second kappa shape index (κ2) is 9.73. The summed E-state index contributed by atoms with van der Waals surface area (Å²) >= 11 is 0. The van der Waals surface area contributed by atoms with Gasteiger partial charge in [-0.15, -0.1) is 0 Å². The van der Waals surface area contributed by atoms with Gasteiger partial charge in [-0.25, -0.2) is 0 Å². The van der Waals surface area contributed by atoms with Crippen LogP contribution >= 0.6 is 0 Å². The molecule has 3 aliphatic rings. The van der Waals surface area contributed by atoms with Crippen LogP contribution < -0.4 is 19.7 Å². The number of carbonyl (C=O) groups excluding carboxylic acids is 3. The number of hydrogen-bond donors (Lipinski definition) is 1. The van der Waals surface area contributed by atoms with Crippen molar-refractivity contribution < 1.29 is 23.9 Å². The number of para-hydroxylation sites is 2. The van der Waals surface area contributed by atoms with Crippen LogP contribution in [0, 0.1) is 5.92 Å². The molecule has 4 atom stereocenters. The number of benzene rings is 4. The van der Waals surface area contributed by atoms with E-state index in [9.17, 15) is 14.4 Å². The zero-order chi connectivity index (χ0) is 29.0. The lowest BCUT2D eigenvalue weighted by atomic mass is 9.64. The Morgan fingerprint density at radius 1 is 0.786 bits per heavy atom. The normalized spacial score (nSPS) is 23.1. The summed E-state index contributed by atoms with van der Waals surface area (Å²) in [5, 5.41) is 3.06. The number of anilines is 2. The molecular formula is C35H28N2O5. The number of ether oxygens (including phenoxy) is 2. The smallest absolute Gasteiger partial charge is 0.238 e. The number of methoxy groups -OCH3 is 2. The number of fused-ring (bicyclic) bond motifs is 6. The molecule has 0 unspecified atom stereocenters. The summed E-state index contributed by atoms with van der Waals surface area (Å²) in [4.78, 5) is 46.0. The third-order valence-corrected chi connectivity index (χ3v) is 8.82. The van der Waals surface area contributed by atoms with Crippen molar-refractivity contribution in [2.45, 2.75) is 17.5 Å². The van der Waals surface area contributed by atoms with Crippen molar-refractivity contribution in [3.63, 3.8) is 0 Å². The number of Topliss-reactive ketones (excluding diaryl/α,β-unsaturated/α-hetero) is 2. The lowest BCUT2D eigenvalue weighted by Gasteiger charge is -2.37. The summed E-state index contributed by atoms with van der Waals surface area (Å²) in [5.41, 5.74) is 2.51. The molecule has 7 nitrogen and oxygen atoms in total. The van der Waals surface area contributed by atoms with E-state index in [1.54, 1.807) is 62.8 Å². The minimum Gasteiger partial charge on any atom is -0.497 e. The Bertz CT molecular complexity index is 1780. The van der Waals surface area contributed by atoms with Gasteiger partial charge >= 0.3 is 0 Å². The predicted octanol–water partition coefficient (Wildman–Crippen LogP) is 5.56. The van der Waals surface area contributed by atoms with E-state index in [1.165, 1.54) is 0 Å². The van der Waals surface area contributed by atoms with Crippen molar-refractivity contribution >= 4 is 34.9 Å². The van der Waals surface area contributed by atoms with Crippen molar-refractivity contribution in [3.8, 4) is 11.5 Å². The van der Waals surface area contributed by atoms with Gasteiger partial charge in [0, 0.05) is 22.5 Å². The Balaban J connectivity index is 1.52. The largest absolute Gasteiger partial charge is 0.497 e. The number of nitrogens with zero attached hydrogens (tertiary/aromatic N) is 1. The van der Waals surface area contributed by atoms with Gasteiger partial charge in [0.25, 0.3) is 0 Å². The molecule has 7 rings (SSSR count). The van der Waals surface area contributed by atoms with Gasteiger partial charge in [-0.3, -0.25) is 14.4 Å². The standard InChI is InChI=1S/C35H28N2O5/c1-41-24-17-14-22(15-18-24)32(38)30-31(33(39)23-9-7-10-25(20-23)42-2)37-28-13-6-3-8-21(28)16-19-29(37)35(30)26-11-4-5-12-27(26)36-34(35)40/h3-20,29-31H,1-2H3,(H,36,40)/t29-,30-,31+,35-/m0/s1. The molecule has 42 heavy (non-hydrogen) atoms. The van der Waals surface area contributed by atoms with E-state index in [2.05, 4.69) is 5.32 Å². The third-order valence-electron chi connectivity index (χ3n) is 8.82. The van der Waals surface area contributed by atoms with E-state index in [1.807, 2.05) is 65.6 Å². The van der Waals surface area contributed by atoms with Gasteiger partial charge in [0.1, 0.15) is 23.0 Å². The highest BCUT2D eigenvalue weighted by molar-refractivity contribution is 6.18. The zero-order valence-corrected chi connectivity index (χ0v) is 23.1. The lowest BCUT2D eigenvalue weighted by molar-refractivity contribution is -0.121. The van der Waals surface area contributed by atoms with Crippen LogP contribution in [0.25, 0.3) is 6.08 Å². The van der Waals surface area contributed by atoms with Crippen molar-refractivity contribution in [2.24, 2.45) is 5.92 Å². The van der Waals surface area contributed by atoms with Gasteiger partial charge in [0.2, 0.25) is 5.91 Å². The fourth-order valence-corrected chi connectivity index (χ4v) is 7.00. The van der Waals surface area contributed by atoms with E-state index < -0.39 is 23.4 Å². The van der Waals surface area contributed by atoms with Gasteiger partial charge in [-0.1, -0.05) is 60.7 Å². The number of ketones is 2. The molecule has 208 valence electrons. The van der Waals surface area contributed by atoms with E-state index in [0.717, 1.165) is 11.3 Å². The molecule has 1 amide bonds. The number of amides is 1. The number of rotatable bonds is 6. The highest BCUT2D eigenvalue weighted by Crippen LogP contribution is 2.58. The van der Waals surface area contributed by atoms with E-state index in [0.29, 0.717) is 33.9 Å². The second-order valence-electron chi connectivity index (χ2n) is 10.8. The van der Waals surface area contributed by atoms with Crippen LogP contribution in [-0.2, 0) is 10.2 Å². The Kier molecular flexibility index (Phi) is 5.97. The lowest BCUT2D eigenvalue weighted by Crippen LogP contribution is -2.51. The van der Waals surface area contributed by atoms with Gasteiger partial charge < -0.3 is 19.7 Å². The predicted molar refractivity (Wildman–Crippen MR) is 160 cm³/mol. The molecular weight excluding hydrogens is 528 g/mol. The van der Waals surface area contributed by atoms with Crippen molar-refractivity contribution in [3.05, 3.63) is 125 Å². The highest BCUT2D eigenvalue weighted by Gasteiger charge is 2.70. The number of hydrogen-bond acceptors (Lipinski definition) is 6. The fraction of sp³-hybridized carbons (Fsp3) is 0.171. The molecule has 4 aromatic carbocycles. The monoisotopic (exact) mass is 556 g/mol. The van der Waals surface area contributed by atoms with Crippen molar-refractivity contribution in [1.29, 1.82) is 0 Å². The van der Waals surface area contributed by atoms with Crippen molar-refractivity contribution in [2.75, 3.05) is 24.4 Å². The summed E-state index contributed by atoms with van der Waals surface area (Å²) in [7, 11) is 3.11. The first-order valence-electron chi connectivity index (χ1n) is 13.8. The molecule has 1 spiro atoms. The topological polar surface area (TPSA) is 84.9 Å². The Hall–Kier alpha value is -5.17. The molecule has 7 heteroatoms. The molecule has 0 aromatic heterocycles. The molecule has 1 saturated heterocycles.